The monoisotopic (exact) mass is 601 g/mol. The van der Waals surface area contributed by atoms with Crippen LogP contribution in [0.2, 0.25) is 10.0 Å². The normalized spacial score (nSPS) is 14.5. The fourth-order valence-corrected chi connectivity index (χ4v) is 6.35. The zero-order valence-electron chi connectivity index (χ0n) is 22.3. The minimum atomic E-state index is -3.83. The van der Waals surface area contributed by atoms with Crippen LogP contribution in [0.5, 0.6) is 0 Å². The zero-order valence-corrected chi connectivity index (χ0v) is 24.6. The molecule has 1 atom stereocenters. The average molecular weight is 603 g/mol. The SMILES string of the molecule is CS(=O)(=O)N(CC(=O)N(Cc1c(Cl)cccc1Cl)[C@H](Cc1ccccc1)C(=O)NC1CCCC1)c1ccccc1. The van der Waals surface area contributed by atoms with Crippen LogP contribution in [0.1, 0.15) is 36.8 Å². The molecule has 0 unspecified atom stereocenters. The van der Waals surface area contributed by atoms with Crippen molar-refractivity contribution in [2.24, 2.45) is 0 Å². The predicted molar refractivity (Wildman–Crippen MR) is 160 cm³/mol. The Morgan fingerprint density at radius 1 is 0.900 bits per heavy atom. The van der Waals surface area contributed by atoms with Gasteiger partial charge < -0.3 is 10.2 Å². The van der Waals surface area contributed by atoms with E-state index in [0.29, 0.717) is 21.3 Å². The number of sulfonamides is 1. The van der Waals surface area contributed by atoms with E-state index in [9.17, 15) is 18.0 Å². The summed E-state index contributed by atoms with van der Waals surface area (Å²) in [5.41, 5.74) is 1.70. The minimum Gasteiger partial charge on any atom is -0.352 e. The smallest absolute Gasteiger partial charge is 0.244 e. The number of carbonyl (C=O) groups excluding carboxylic acids is 2. The lowest BCUT2D eigenvalue weighted by atomic mass is 10.0. The summed E-state index contributed by atoms with van der Waals surface area (Å²) in [6, 6.07) is 22.0. The van der Waals surface area contributed by atoms with Crippen molar-refractivity contribution >= 4 is 50.7 Å². The summed E-state index contributed by atoms with van der Waals surface area (Å²) in [7, 11) is -3.83. The Balaban J connectivity index is 1.75. The van der Waals surface area contributed by atoms with Crippen molar-refractivity contribution in [2.45, 2.75) is 50.7 Å². The predicted octanol–water partition coefficient (Wildman–Crippen LogP) is 5.46. The molecule has 1 saturated carbocycles. The molecule has 1 aliphatic carbocycles. The molecular formula is C30H33Cl2N3O4S. The van der Waals surface area contributed by atoms with Gasteiger partial charge in [-0.3, -0.25) is 13.9 Å². The van der Waals surface area contributed by atoms with Gasteiger partial charge in [-0.2, -0.15) is 0 Å². The maximum Gasteiger partial charge on any atom is 0.244 e. The van der Waals surface area contributed by atoms with Gasteiger partial charge in [0.25, 0.3) is 0 Å². The summed E-state index contributed by atoms with van der Waals surface area (Å²) in [4.78, 5) is 29.4. The molecule has 40 heavy (non-hydrogen) atoms. The van der Waals surface area contributed by atoms with E-state index in [0.717, 1.165) is 41.8 Å². The fourth-order valence-electron chi connectivity index (χ4n) is 4.98. The van der Waals surface area contributed by atoms with Crippen LogP contribution in [0.4, 0.5) is 5.69 Å². The van der Waals surface area contributed by atoms with Gasteiger partial charge in [-0.1, -0.05) is 90.6 Å². The lowest BCUT2D eigenvalue weighted by molar-refractivity contribution is -0.140. The van der Waals surface area contributed by atoms with Gasteiger partial charge in [0.1, 0.15) is 12.6 Å². The van der Waals surface area contributed by atoms with Gasteiger partial charge in [-0.15, -0.1) is 0 Å². The molecule has 0 aromatic heterocycles. The molecule has 0 radical (unpaired) electrons. The van der Waals surface area contributed by atoms with Crippen LogP contribution < -0.4 is 9.62 Å². The highest BCUT2D eigenvalue weighted by molar-refractivity contribution is 7.92. The maximum atomic E-state index is 14.1. The van der Waals surface area contributed by atoms with Crippen molar-refractivity contribution in [1.82, 2.24) is 10.2 Å². The van der Waals surface area contributed by atoms with E-state index in [1.165, 1.54) is 4.90 Å². The standard InChI is InChI=1S/C30H33Cl2N3O4S/c1-40(38,39)35(24-15-6-3-7-16-24)21-29(36)34(20-25-26(31)17-10-18-27(25)32)28(19-22-11-4-2-5-12-22)30(37)33-23-13-8-9-14-23/h2-7,10-12,15-18,23,28H,8-9,13-14,19-21H2,1H3,(H,33,37)/t28-/m1/s1. The Hall–Kier alpha value is -3.07. The van der Waals surface area contributed by atoms with Gasteiger partial charge >= 0.3 is 0 Å². The van der Waals surface area contributed by atoms with Crippen LogP contribution >= 0.6 is 23.2 Å². The molecule has 0 spiro atoms. The summed E-state index contributed by atoms with van der Waals surface area (Å²) in [5, 5.41) is 3.83. The summed E-state index contributed by atoms with van der Waals surface area (Å²) in [5.74, 6) is -0.842. The molecule has 1 aliphatic rings. The second-order valence-corrected chi connectivity index (χ2v) is 12.7. The molecule has 3 aromatic rings. The van der Waals surface area contributed by atoms with E-state index in [2.05, 4.69) is 5.32 Å². The highest BCUT2D eigenvalue weighted by Crippen LogP contribution is 2.28. The van der Waals surface area contributed by atoms with Crippen LogP contribution in [0.3, 0.4) is 0 Å². The molecule has 1 fully saturated rings. The number of amides is 2. The molecule has 10 heteroatoms. The van der Waals surface area contributed by atoms with Crippen molar-refractivity contribution in [1.29, 1.82) is 0 Å². The summed E-state index contributed by atoms with van der Waals surface area (Å²) in [6.45, 7) is -0.563. The van der Waals surface area contributed by atoms with Crippen LogP contribution in [0, 0.1) is 0 Å². The Labute approximate surface area is 246 Å². The number of para-hydroxylation sites is 1. The molecule has 212 valence electrons. The van der Waals surface area contributed by atoms with Crippen molar-refractivity contribution < 1.29 is 18.0 Å². The van der Waals surface area contributed by atoms with Crippen molar-refractivity contribution in [3.8, 4) is 0 Å². The van der Waals surface area contributed by atoms with Crippen LogP contribution in [-0.2, 0) is 32.6 Å². The topological polar surface area (TPSA) is 86.8 Å². The number of nitrogens with zero attached hydrogens (tertiary/aromatic N) is 2. The summed E-state index contributed by atoms with van der Waals surface area (Å²) < 4.78 is 26.7. The first-order chi connectivity index (χ1) is 19.1. The largest absolute Gasteiger partial charge is 0.352 e. The van der Waals surface area contributed by atoms with E-state index in [1.807, 2.05) is 30.3 Å². The highest BCUT2D eigenvalue weighted by atomic mass is 35.5. The van der Waals surface area contributed by atoms with E-state index in [4.69, 9.17) is 23.2 Å². The number of halogens is 2. The van der Waals surface area contributed by atoms with Crippen molar-refractivity contribution in [3.63, 3.8) is 0 Å². The maximum absolute atomic E-state index is 14.1. The third kappa shape index (κ3) is 7.77. The third-order valence-electron chi connectivity index (χ3n) is 7.09. The molecule has 0 heterocycles. The Morgan fingerprint density at radius 2 is 1.48 bits per heavy atom. The molecule has 3 aromatic carbocycles. The number of nitrogens with one attached hydrogen (secondary N) is 1. The molecule has 0 saturated heterocycles. The molecule has 4 rings (SSSR count). The van der Waals surface area contributed by atoms with Gasteiger partial charge in [-0.25, -0.2) is 8.42 Å². The van der Waals surface area contributed by atoms with Crippen LogP contribution in [0.25, 0.3) is 0 Å². The summed E-state index contributed by atoms with van der Waals surface area (Å²) in [6.07, 6.45) is 5.11. The van der Waals surface area contributed by atoms with Gasteiger partial charge in [0.15, 0.2) is 0 Å². The van der Waals surface area contributed by atoms with E-state index in [1.54, 1.807) is 48.5 Å². The minimum absolute atomic E-state index is 0.0310. The number of rotatable bonds is 11. The van der Waals surface area contributed by atoms with Gasteiger partial charge in [-0.05, 0) is 42.7 Å². The highest BCUT2D eigenvalue weighted by Gasteiger charge is 2.34. The second kappa shape index (κ2) is 13.5. The Bertz CT molecular complexity index is 1400. The van der Waals surface area contributed by atoms with Gasteiger partial charge in [0, 0.05) is 34.6 Å². The zero-order chi connectivity index (χ0) is 28.7. The number of anilines is 1. The van der Waals surface area contributed by atoms with E-state index >= 15 is 0 Å². The van der Waals surface area contributed by atoms with Gasteiger partial charge in [0.05, 0.1) is 11.9 Å². The first-order valence-corrected chi connectivity index (χ1v) is 15.8. The fraction of sp³-hybridized carbons (Fsp3) is 0.333. The molecule has 0 bridgehead atoms. The van der Waals surface area contributed by atoms with Gasteiger partial charge in [0.2, 0.25) is 21.8 Å². The molecule has 1 N–H and O–H groups in total. The molecule has 0 aliphatic heterocycles. The van der Waals surface area contributed by atoms with E-state index in [-0.39, 0.29) is 24.9 Å². The van der Waals surface area contributed by atoms with Crippen LogP contribution in [-0.4, -0.2) is 50.0 Å². The number of carbonyl (C=O) groups is 2. The molecule has 2 amide bonds. The number of hydrogen-bond acceptors (Lipinski definition) is 4. The molecule has 7 nitrogen and oxygen atoms in total. The summed E-state index contributed by atoms with van der Waals surface area (Å²) >= 11 is 13.0. The van der Waals surface area contributed by atoms with E-state index < -0.39 is 28.5 Å². The molecular weight excluding hydrogens is 569 g/mol. The Morgan fingerprint density at radius 3 is 2.05 bits per heavy atom. The van der Waals surface area contributed by atoms with Crippen molar-refractivity contribution in [3.05, 3.63) is 100 Å². The first kappa shape index (κ1) is 29.9. The Kier molecular flexibility index (Phi) is 10.1. The van der Waals surface area contributed by atoms with Crippen LogP contribution in [0.15, 0.2) is 78.9 Å². The quantitative estimate of drug-likeness (QED) is 0.316. The lowest BCUT2D eigenvalue weighted by Crippen LogP contribution is -2.54. The number of hydrogen-bond donors (Lipinski definition) is 1. The average Bonchev–Trinajstić information content (AvgIpc) is 3.44. The van der Waals surface area contributed by atoms with Crippen molar-refractivity contribution in [2.75, 3.05) is 17.1 Å². The number of benzene rings is 3. The third-order valence-corrected chi connectivity index (χ3v) is 8.93. The lowest BCUT2D eigenvalue weighted by Gasteiger charge is -2.34. The first-order valence-electron chi connectivity index (χ1n) is 13.2. The second-order valence-electron chi connectivity index (χ2n) is 10.0.